The van der Waals surface area contributed by atoms with Gasteiger partial charge in [-0.05, 0) is 24.6 Å². The number of nitrogens with zero attached hydrogens (tertiary/aromatic N) is 1. The molecule has 0 aromatic heterocycles. The van der Waals surface area contributed by atoms with Crippen molar-refractivity contribution in [1.29, 1.82) is 0 Å². The molecule has 3 rings (SSSR count). The van der Waals surface area contributed by atoms with Crippen LogP contribution in [0.4, 0.5) is 14.9 Å². The van der Waals surface area contributed by atoms with Gasteiger partial charge in [-0.25, -0.2) is 9.18 Å². The number of anilines is 1. The Bertz CT molecular complexity index is 696. The van der Waals surface area contributed by atoms with Gasteiger partial charge in [0.25, 0.3) is 0 Å². The van der Waals surface area contributed by atoms with Crippen molar-refractivity contribution < 1.29 is 23.3 Å². The van der Waals surface area contributed by atoms with E-state index in [0.717, 1.165) is 0 Å². The van der Waals surface area contributed by atoms with E-state index >= 15 is 0 Å². The van der Waals surface area contributed by atoms with Crippen LogP contribution < -0.4 is 16.0 Å². The summed E-state index contributed by atoms with van der Waals surface area (Å²) >= 11 is -0.852. The minimum Gasteiger partial charge on any atom is -0.616 e. The van der Waals surface area contributed by atoms with Gasteiger partial charge in [0.05, 0.1) is 25.3 Å². The predicted octanol–water partition coefficient (Wildman–Crippen LogP) is 0.246. The Morgan fingerprint density at radius 1 is 1.48 bits per heavy atom. The number of alkyl carbamates (subject to hydrolysis) is 1. The minimum atomic E-state index is -1.35. The second kappa shape index (κ2) is 6.72. The normalized spacial score (nSPS) is 23.7. The van der Waals surface area contributed by atoms with Crippen LogP contribution in [0.5, 0.6) is 0 Å². The fourth-order valence-electron chi connectivity index (χ4n) is 3.16. The van der Waals surface area contributed by atoms with Crippen LogP contribution in [-0.4, -0.2) is 53.8 Å². The molecule has 0 aliphatic carbocycles. The predicted molar refractivity (Wildman–Crippen MR) is 91.3 cm³/mol. The zero-order valence-electron chi connectivity index (χ0n) is 13.8. The summed E-state index contributed by atoms with van der Waals surface area (Å²) in [5.41, 5.74) is 4.95. The lowest BCUT2D eigenvalue weighted by Gasteiger charge is -2.33. The standard InChI is InChI=1S/C16H20FN3O4S/c1-16(14(18)21,13-9-19-15(22)24-13)10-2-3-12(11(17)8-10)20-4-6-25(23)7-5-20/h2-3,8,13H,4-7,9H2,1H3,(H2,18,21)(H,19,22). The highest BCUT2D eigenvalue weighted by Crippen LogP contribution is 2.34. The van der Waals surface area contributed by atoms with E-state index in [1.807, 2.05) is 4.90 Å². The van der Waals surface area contributed by atoms with E-state index in [1.54, 1.807) is 19.1 Å². The molecule has 2 aliphatic rings. The number of carbonyl (C=O) groups is 2. The maximum atomic E-state index is 14.7. The molecule has 0 spiro atoms. The lowest BCUT2D eigenvalue weighted by atomic mass is 9.76. The number of carbonyl (C=O) groups excluding carboxylic acids is 2. The summed E-state index contributed by atoms with van der Waals surface area (Å²) in [4.78, 5) is 25.2. The first-order chi connectivity index (χ1) is 11.8. The van der Waals surface area contributed by atoms with E-state index in [2.05, 4.69) is 5.32 Å². The van der Waals surface area contributed by atoms with Crippen molar-refractivity contribution in [1.82, 2.24) is 5.32 Å². The number of nitrogens with two attached hydrogens (primary N) is 1. The molecule has 1 aromatic carbocycles. The fraction of sp³-hybridized carbons (Fsp3) is 0.500. The smallest absolute Gasteiger partial charge is 0.407 e. The van der Waals surface area contributed by atoms with Crippen LogP contribution >= 0.6 is 0 Å². The van der Waals surface area contributed by atoms with Crippen LogP contribution in [0.3, 0.4) is 0 Å². The van der Waals surface area contributed by atoms with E-state index in [1.165, 1.54) is 6.07 Å². The number of cyclic esters (lactones) is 1. The quantitative estimate of drug-likeness (QED) is 0.740. The number of amides is 2. The molecule has 2 saturated heterocycles. The topological polar surface area (TPSA) is 108 Å². The van der Waals surface area contributed by atoms with Crippen LogP contribution in [0.25, 0.3) is 0 Å². The molecule has 2 aliphatic heterocycles. The molecule has 0 bridgehead atoms. The van der Waals surface area contributed by atoms with E-state index in [9.17, 15) is 18.5 Å². The van der Waals surface area contributed by atoms with Gasteiger partial charge in [-0.15, -0.1) is 0 Å². The summed E-state index contributed by atoms with van der Waals surface area (Å²) < 4.78 is 31.3. The van der Waals surface area contributed by atoms with Gasteiger partial charge in [-0.2, -0.15) is 0 Å². The third-order valence-electron chi connectivity index (χ3n) is 4.90. The summed E-state index contributed by atoms with van der Waals surface area (Å²) in [6.45, 7) is 2.69. The third kappa shape index (κ3) is 3.25. The summed E-state index contributed by atoms with van der Waals surface area (Å²) in [7, 11) is 0. The Balaban J connectivity index is 1.89. The number of benzene rings is 1. The Kier molecular flexibility index (Phi) is 4.79. The largest absolute Gasteiger partial charge is 0.616 e. The van der Waals surface area contributed by atoms with Crippen molar-refractivity contribution in [3.05, 3.63) is 29.6 Å². The highest BCUT2D eigenvalue weighted by molar-refractivity contribution is 7.91. The SMILES string of the molecule is CC(C(N)=O)(c1ccc(N2CC[S+]([O-])CC2)c(F)c1)C1CNC(=O)O1. The molecule has 1 aromatic rings. The molecule has 2 amide bonds. The van der Waals surface area contributed by atoms with Gasteiger partial charge in [-0.3, -0.25) is 4.79 Å². The van der Waals surface area contributed by atoms with Crippen LogP contribution in [0.2, 0.25) is 0 Å². The molecule has 2 fully saturated rings. The lowest BCUT2D eigenvalue weighted by Crippen LogP contribution is -2.49. The zero-order valence-corrected chi connectivity index (χ0v) is 14.6. The van der Waals surface area contributed by atoms with Gasteiger partial charge in [0.1, 0.15) is 28.8 Å². The van der Waals surface area contributed by atoms with Gasteiger partial charge in [0.2, 0.25) is 5.91 Å². The minimum absolute atomic E-state index is 0.125. The van der Waals surface area contributed by atoms with Crippen molar-refractivity contribution in [2.75, 3.05) is 36.0 Å². The second-order valence-electron chi connectivity index (χ2n) is 6.34. The van der Waals surface area contributed by atoms with Gasteiger partial charge in [-0.1, -0.05) is 17.2 Å². The summed E-state index contributed by atoms with van der Waals surface area (Å²) in [6, 6.07) is 4.48. The summed E-state index contributed by atoms with van der Waals surface area (Å²) in [5.74, 6) is -0.183. The number of rotatable bonds is 4. The average Bonchev–Trinajstić information content (AvgIpc) is 3.01. The molecule has 2 heterocycles. The first-order valence-electron chi connectivity index (χ1n) is 7.96. The first-order valence-corrected chi connectivity index (χ1v) is 9.45. The summed E-state index contributed by atoms with van der Waals surface area (Å²) in [6.07, 6.45) is -1.43. The van der Waals surface area contributed by atoms with E-state index < -0.39 is 40.5 Å². The molecule has 0 radical (unpaired) electrons. The van der Waals surface area contributed by atoms with Gasteiger partial charge in [0, 0.05) is 0 Å². The molecular weight excluding hydrogens is 349 g/mol. The van der Waals surface area contributed by atoms with Gasteiger partial charge >= 0.3 is 6.09 Å². The Hall–Kier alpha value is -2.00. The van der Waals surface area contributed by atoms with Crippen molar-refractivity contribution in [2.24, 2.45) is 5.73 Å². The van der Waals surface area contributed by atoms with Crippen molar-refractivity contribution >= 4 is 28.9 Å². The molecule has 9 heteroatoms. The number of primary amides is 1. The molecule has 0 saturated carbocycles. The fourth-order valence-corrected chi connectivity index (χ4v) is 4.21. The van der Waals surface area contributed by atoms with Gasteiger partial charge < -0.3 is 25.2 Å². The van der Waals surface area contributed by atoms with Gasteiger partial charge in [0.15, 0.2) is 0 Å². The monoisotopic (exact) mass is 369 g/mol. The van der Waals surface area contributed by atoms with Crippen LogP contribution in [0, 0.1) is 5.82 Å². The number of hydrogen-bond donors (Lipinski definition) is 2. The second-order valence-corrected chi connectivity index (χ2v) is 8.04. The first kappa shape index (κ1) is 17.8. The number of ether oxygens (including phenoxy) is 1. The molecular formula is C16H20FN3O4S. The van der Waals surface area contributed by atoms with E-state index in [0.29, 0.717) is 35.8 Å². The van der Waals surface area contributed by atoms with E-state index in [-0.39, 0.29) is 6.54 Å². The molecule has 7 nitrogen and oxygen atoms in total. The maximum Gasteiger partial charge on any atom is 0.407 e. The van der Waals surface area contributed by atoms with Crippen LogP contribution in [-0.2, 0) is 26.1 Å². The highest BCUT2D eigenvalue weighted by atomic mass is 32.2. The number of halogens is 1. The van der Waals surface area contributed by atoms with E-state index in [4.69, 9.17) is 10.5 Å². The average molecular weight is 369 g/mol. The third-order valence-corrected chi connectivity index (χ3v) is 6.18. The summed E-state index contributed by atoms with van der Waals surface area (Å²) in [5, 5.41) is 2.48. The Morgan fingerprint density at radius 2 is 2.16 bits per heavy atom. The zero-order chi connectivity index (χ0) is 18.2. The van der Waals surface area contributed by atoms with Crippen LogP contribution in [0.15, 0.2) is 18.2 Å². The molecule has 2 atom stereocenters. The molecule has 136 valence electrons. The van der Waals surface area contributed by atoms with Crippen molar-refractivity contribution in [2.45, 2.75) is 18.4 Å². The van der Waals surface area contributed by atoms with Crippen LogP contribution in [0.1, 0.15) is 12.5 Å². The molecule has 3 N–H and O–H groups in total. The highest BCUT2D eigenvalue weighted by Gasteiger charge is 2.47. The molecule has 25 heavy (non-hydrogen) atoms. The van der Waals surface area contributed by atoms with Crippen molar-refractivity contribution in [3.8, 4) is 0 Å². The lowest BCUT2D eigenvalue weighted by molar-refractivity contribution is -0.126. The number of nitrogens with one attached hydrogen (secondary N) is 1. The Morgan fingerprint density at radius 3 is 2.68 bits per heavy atom. The maximum absolute atomic E-state index is 14.7. The molecule has 2 unspecified atom stereocenters. The van der Waals surface area contributed by atoms with Crippen molar-refractivity contribution in [3.63, 3.8) is 0 Å². The Labute approximate surface area is 147 Å². The number of hydrogen-bond acceptors (Lipinski definition) is 5.